The molecule has 2 nitrogen and oxygen atoms in total. The summed E-state index contributed by atoms with van der Waals surface area (Å²) in [5.41, 5.74) is 2.43. The van der Waals surface area contributed by atoms with E-state index < -0.39 is 0 Å². The maximum Gasteiger partial charge on any atom is 0.0751 e. The van der Waals surface area contributed by atoms with Gasteiger partial charge in [0.2, 0.25) is 0 Å². The van der Waals surface area contributed by atoms with Crippen LogP contribution >= 0.6 is 0 Å². The Morgan fingerprint density at radius 2 is 1.05 bits per heavy atom. The predicted molar refractivity (Wildman–Crippen MR) is 91.3 cm³/mol. The Labute approximate surface area is 156 Å². The molecule has 0 aromatic heterocycles. The predicted octanol–water partition coefficient (Wildman–Crippen LogP) is 4.82. The van der Waals surface area contributed by atoms with Gasteiger partial charge in [0.1, 0.15) is 0 Å². The van der Waals surface area contributed by atoms with Crippen LogP contribution in [0, 0.1) is 7.43 Å². The van der Waals surface area contributed by atoms with Gasteiger partial charge in [0.25, 0.3) is 0 Å². The van der Waals surface area contributed by atoms with E-state index in [0.717, 1.165) is 6.67 Å². The summed E-state index contributed by atoms with van der Waals surface area (Å²) in [6.07, 6.45) is 0. The Morgan fingerprint density at radius 1 is 0.714 bits per heavy atom. The molecule has 0 bridgehead atoms. The van der Waals surface area contributed by atoms with Crippen molar-refractivity contribution < 1.29 is 32.7 Å². The molecule has 0 amide bonds. The maximum absolute atomic E-state index is 2.29. The molecule has 0 saturated heterocycles. The monoisotopic (exact) mass is 360 g/mol. The number of hydrogen-bond acceptors (Lipinski definition) is 2. The zero-order valence-electron chi connectivity index (χ0n) is 14.0. The Kier molecular flexibility index (Phi) is 14.0. The van der Waals surface area contributed by atoms with Crippen LogP contribution in [-0.4, -0.2) is 25.7 Å². The topological polar surface area (TPSA) is 6.48 Å². The van der Waals surface area contributed by atoms with E-state index in [0.29, 0.717) is 0 Å². The molecule has 21 heavy (non-hydrogen) atoms. The van der Waals surface area contributed by atoms with Crippen molar-refractivity contribution in [2.24, 2.45) is 0 Å². The first-order chi connectivity index (χ1) is 9.27. The van der Waals surface area contributed by atoms with Crippen LogP contribution in [0.2, 0.25) is 0 Å². The molecule has 2 aromatic rings. The van der Waals surface area contributed by atoms with E-state index in [4.69, 9.17) is 0 Å². The molecular weight excluding hydrogens is 333 g/mol. The Morgan fingerprint density at radius 3 is 1.33 bits per heavy atom. The summed E-state index contributed by atoms with van der Waals surface area (Å²) < 4.78 is 0. The fourth-order valence-corrected chi connectivity index (χ4v) is 1.81. The van der Waals surface area contributed by atoms with Crippen LogP contribution in [0.25, 0.3) is 0 Å². The van der Waals surface area contributed by atoms with Gasteiger partial charge < -0.3 is 12.3 Å². The van der Waals surface area contributed by atoms with E-state index in [-0.39, 0.29) is 40.1 Å². The SMILES string of the molecule is CC.CN(C)CN(c1ccccc1)c1ccccc1.[CH3-].[Y]. The summed E-state index contributed by atoms with van der Waals surface area (Å²) in [5.74, 6) is 0. The molecule has 0 aliphatic carbocycles. The fourth-order valence-electron chi connectivity index (χ4n) is 1.81. The molecule has 3 heteroatoms. The minimum absolute atomic E-state index is 0. The van der Waals surface area contributed by atoms with E-state index in [1.54, 1.807) is 0 Å². The number of hydrogen-bond donors (Lipinski definition) is 0. The summed E-state index contributed by atoms with van der Waals surface area (Å²) in [4.78, 5) is 4.46. The normalized spacial score (nSPS) is 8.81. The van der Waals surface area contributed by atoms with Crippen LogP contribution in [0.1, 0.15) is 13.8 Å². The second-order valence-electron chi connectivity index (χ2n) is 4.32. The number of benzene rings is 2. The van der Waals surface area contributed by atoms with E-state index in [1.165, 1.54) is 11.4 Å². The van der Waals surface area contributed by atoms with Crippen LogP contribution in [-0.2, 0) is 32.7 Å². The van der Waals surface area contributed by atoms with E-state index in [1.807, 2.05) is 26.0 Å². The second kappa shape index (κ2) is 13.0. The third-order valence-corrected chi connectivity index (χ3v) is 2.56. The minimum atomic E-state index is 0. The van der Waals surface area contributed by atoms with Crippen molar-refractivity contribution in [1.29, 1.82) is 0 Å². The zero-order chi connectivity index (χ0) is 14.1. The quantitative estimate of drug-likeness (QED) is 0.570. The molecule has 2 rings (SSSR count). The van der Waals surface area contributed by atoms with Crippen molar-refractivity contribution >= 4 is 11.4 Å². The maximum atomic E-state index is 2.29. The molecule has 0 aliphatic heterocycles. The number of para-hydroxylation sites is 2. The van der Waals surface area contributed by atoms with Crippen molar-refractivity contribution in [3.63, 3.8) is 0 Å². The van der Waals surface area contributed by atoms with Gasteiger partial charge in [-0.1, -0.05) is 50.2 Å². The molecule has 0 N–H and O–H groups in total. The van der Waals surface area contributed by atoms with Gasteiger partial charge in [0.15, 0.2) is 0 Å². The Balaban J connectivity index is 0. The average molecular weight is 360 g/mol. The third kappa shape index (κ3) is 7.75. The first kappa shape index (κ1) is 22.6. The summed E-state index contributed by atoms with van der Waals surface area (Å²) in [6.45, 7) is 4.87. The van der Waals surface area contributed by atoms with Gasteiger partial charge in [0, 0.05) is 44.1 Å². The molecule has 0 atom stereocenters. The minimum Gasteiger partial charge on any atom is -0.358 e. The number of nitrogens with zero attached hydrogens (tertiary/aromatic N) is 2. The van der Waals surface area contributed by atoms with Gasteiger partial charge in [0.05, 0.1) is 6.67 Å². The van der Waals surface area contributed by atoms with Crippen molar-refractivity contribution in [3.05, 3.63) is 68.1 Å². The van der Waals surface area contributed by atoms with Gasteiger partial charge in [-0.15, -0.1) is 0 Å². The zero-order valence-corrected chi connectivity index (χ0v) is 16.8. The Hall–Kier alpha value is -0.696. The third-order valence-electron chi connectivity index (χ3n) is 2.56. The van der Waals surface area contributed by atoms with Gasteiger partial charge in [-0.3, -0.25) is 4.90 Å². The van der Waals surface area contributed by atoms with E-state index in [9.17, 15) is 0 Å². The molecule has 2 aromatic carbocycles. The van der Waals surface area contributed by atoms with Crippen LogP contribution in [0.15, 0.2) is 60.7 Å². The van der Waals surface area contributed by atoms with E-state index >= 15 is 0 Å². The molecule has 113 valence electrons. The number of rotatable bonds is 4. The summed E-state index contributed by atoms with van der Waals surface area (Å²) in [6, 6.07) is 20.9. The van der Waals surface area contributed by atoms with Crippen LogP contribution in [0.5, 0.6) is 0 Å². The van der Waals surface area contributed by atoms with Gasteiger partial charge in [-0.25, -0.2) is 0 Å². The van der Waals surface area contributed by atoms with Crippen molar-refractivity contribution in [3.8, 4) is 0 Å². The number of anilines is 2. The second-order valence-corrected chi connectivity index (χ2v) is 4.32. The first-order valence-electron chi connectivity index (χ1n) is 6.80. The molecule has 1 radical (unpaired) electrons. The van der Waals surface area contributed by atoms with Crippen molar-refractivity contribution in [2.45, 2.75) is 13.8 Å². The molecular formula is C18H27N2Y-. The Bertz CT molecular complexity index is 404. The largest absolute Gasteiger partial charge is 0.358 e. The molecule has 0 spiro atoms. The van der Waals surface area contributed by atoms with Crippen LogP contribution in [0.4, 0.5) is 11.4 Å². The van der Waals surface area contributed by atoms with Crippen LogP contribution in [0.3, 0.4) is 0 Å². The molecule has 0 unspecified atom stereocenters. The molecule has 0 saturated carbocycles. The van der Waals surface area contributed by atoms with Gasteiger partial charge in [-0.2, -0.15) is 0 Å². The van der Waals surface area contributed by atoms with Crippen LogP contribution < -0.4 is 4.90 Å². The van der Waals surface area contributed by atoms with E-state index in [2.05, 4.69) is 72.4 Å². The fraction of sp³-hybridized carbons (Fsp3) is 0.278. The van der Waals surface area contributed by atoms with Crippen molar-refractivity contribution in [1.82, 2.24) is 4.90 Å². The molecule has 0 fully saturated rings. The average Bonchev–Trinajstić information content (AvgIpc) is 2.48. The van der Waals surface area contributed by atoms with Crippen molar-refractivity contribution in [2.75, 3.05) is 25.7 Å². The summed E-state index contributed by atoms with van der Waals surface area (Å²) in [5, 5.41) is 0. The van der Waals surface area contributed by atoms with Gasteiger partial charge in [-0.05, 0) is 38.4 Å². The smallest absolute Gasteiger partial charge is 0.0751 e. The summed E-state index contributed by atoms with van der Waals surface area (Å²) in [7, 11) is 4.16. The summed E-state index contributed by atoms with van der Waals surface area (Å²) >= 11 is 0. The first-order valence-corrected chi connectivity index (χ1v) is 6.80. The molecule has 0 aliphatic rings. The van der Waals surface area contributed by atoms with Gasteiger partial charge >= 0.3 is 0 Å². The molecule has 0 heterocycles. The standard InChI is InChI=1S/C15H18N2.C2H6.CH3.Y/c1-16(2)13-17(14-9-5-3-6-10-14)15-11-7-4-8-12-15;1-2;;/h3-12H,13H2,1-2H3;1-2H3;1H3;/q;;-1;.